The van der Waals surface area contributed by atoms with Gasteiger partial charge in [0.25, 0.3) is 0 Å². The average Bonchev–Trinajstić information content (AvgIpc) is 2.48. The van der Waals surface area contributed by atoms with Crippen molar-refractivity contribution in [1.29, 1.82) is 0 Å². The van der Waals surface area contributed by atoms with Gasteiger partial charge in [0.15, 0.2) is 0 Å². The van der Waals surface area contributed by atoms with Crippen molar-refractivity contribution in [1.82, 2.24) is 9.21 Å². The van der Waals surface area contributed by atoms with Gasteiger partial charge in [0.2, 0.25) is 10.0 Å². The summed E-state index contributed by atoms with van der Waals surface area (Å²) in [4.78, 5) is 2.16. The highest BCUT2D eigenvalue weighted by Gasteiger charge is 2.42. The fourth-order valence-electron chi connectivity index (χ4n) is 3.28. The number of piperidine rings is 1. The highest BCUT2D eigenvalue weighted by atomic mass is 32.2. The number of benzene rings is 1. The Labute approximate surface area is 130 Å². The number of morpholine rings is 1. The zero-order chi connectivity index (χ0) is 15.9. The van der Waals surface area contributed by atoms with Gasteiger partial charge in [-0.3, -0.25) is 0 Å². The molecule has 0 spiro atoms. The second-order valence-electron chi connectivity index (χ2n) is 6.05. The lowest BCUT2D eigenvalue weighted by atomic mass is 10.0. The van der Waals surface area contributed by atoms with Crippen molar-refractivity contribution in [2.75, 3.05) is 33.3 Å². The smallest absolute Gasteiger partial charge is 0.243 e. The lowest BCUT2D eigenvalue weighted by Gasteiger charge is -2.45. The molecule has 5 nitrogen and oxygen atoms in total. The molecule has 0 saturated carbocycles. The molecule has 3 rings (SSSR count). The fourth-order valence-corrected chi connectivity index (χ4v) is 5.14. The van der Waals surface area contributed by atoms with E-state index < -0.39 is 15.8 Å². The summed E-state index contributed by atoms with van der Waals surface area (Å²) in [6.07, 6.45) is 0.739. The molecule has 2 saturated heterocycles. The normalized spacial score (nSPS) is 27.6. The minimum Gasteiger partial charge on any atom is -0.375 e. The predicted molar refractivity (Wildman–Crippen MR) is 80.7 cm³/mol. The Morgan fingerprint density at radius 1 is 1.32 bits per heavy atom. The number of hydrogen-bond acceptors (Lipinski definition) is 4. The Kier molecular flexibility index (Phi) is 4.24. The van der Waals surface area contributed by atoms with Gasteiger partial charge < -0.3 is 9.64 Å². The zero-order valence-corrected chi connectivity index (χ0v) is 13.6. The summed E-state index contributed by atoms with van der Waals surface area (Å²) in [5.41, 5.74) is 0.564. The monoisotopic (exact) mass is 328 g/mol. The zero-order valence-electron chi connectivity index (χ0n) is 12.8. The molecule has 7 heteroatoms. The first kappa shape index (κ1) is 15.9. The van der Waals surface area contributed by atoms with Crippen LogP contribution >= 0.6 is 0 Å². The number of likely N-dealkylation sites (tertiary alicyclic amines) is 1. The van der Waals surface area contributed by atoms with Crippen LogP contribution in [0.25, 0.3) is 0 Å². The molecule has 0 aliphatic carbocycles. The summed E-state index contributed by atoms with van der Waals surface area (Å²) in [6, 6.07) is 3.69. The summed E-state index contributed by atoms with van der Waals surface area (Å²) in [7, 11) is -1.75. The van der Waals surface area contributed by atoms with Crippen LogP contribution in [0.3, 0.4) is 0 Å². The SMILES string of the molecule is Cc1ccc(F)cc1S(=O)(=O)N1CCO[C@@H]2CCN(C)C[C@@H]21. The molecule has 0 radical (unpaired) electrons. The molecule has 2 heterocycles. The third-order valence-corrected chi connectivity index (χ3v) is 6.54. The lowest BCUT2D eigenvalue weighted by molar-refractivity contribution is -0.0719. The van der Waals surface area contributed by atoms with Crippen molar-refractivity contribution in [2.24, 2.45) is 0 Å². The third-order valence-electron chi connectivity index (χ3n) is 4.47. The van der Waals surface area contributed by atoms with Crippen LogP contribution in [0.4, 0.5) is 4.39 Å². The predicted octanol–water partition coefficient (Wildman–Crippen LogP) is 1.23. The van der Waals surface area contributed by atoms with E-state index >= 15 is 0 Å². The maximum atomic E-state index is 13.5. The van der Waals surface area contributed by atoms with Gasteiger partial charge in [0, 0.05) is 19.6 Å². The minimum atomic E-state index is -3.72. The lowest BCUT2D eigenvalue weighted by Crippen LogP contribution is -2.60. The molecule has 2 atom stereocenters. The molecule has 0 unspecified atom stereocenters. The Bertz CT molecular complexity index is 665. The number of hydrogen-bond donors (Lipinski definition) is 0. The first-order valence-electron chi connectivity index (χ1n) is 7.48. The van der Waals surface area contributed by atoms with Crippen LogP contribution in [0.5, 0.6) is 0 Å². The van der Waals surface area contributed by atoms with Crippen LogP contribution in [0.1, 0.15) is 12.0 Å². The van der Waals surface area contributed by atoms with E-state index in [2.05, 4.69) is 4.90 Å². The van der Waals surface area contributed by atoms with Gasteiger partial charge in [0.1, 0.15) is 5.82 Å². The van der Waals surface area contributed by atoms with Crippen LogP contribution in [0.15, 0.2) is 23.1 Å². The van der Waals surface area contributed by atoms with E-state index in [0.29, 0.717) is 25.3 Å². The number of sulfonamides is 1. The number of aryl methyl sites for hydroxylation is 1. The molecule has 122 valence electrons. The van der Waals surface area contributed by atoms with Gasteiger partial charge >= 0.3 is 0 Å². The van der Waals surface area contributed by atoms with Gasteiger partial charge in [-0.1, -0.05) is 6.07 Å². The summed E-state index contributed by atoms with van der Waals surface area (Å²) in [5.74, 6) is -0.533. The fraction of sp³-hybridized carbons (Fsp3) is 0.600. The van der Waals surface area contributed by atoms with E-state index in [-0.39, 0.29) is 17.0 Å². The molecule has 0 N–H and O–H groups in total. The number of nitrogens with zero attached hydrogens (tertiary/aromatic N) is 2. The van der Waals surface area contributed by atoms with E-state index in [1.165, 1.54) is 16.4 Å². The van der Waals surface area contributed by atoms with Gasteiger partial charge in [0.05, 0.1) is 23.6 Å². The molecular formula is C15H21FN2O3S. The number of halogens is 1. The molecular weight excluding hydrogens is 307 g/mol. The summed E-state index contributed by atoms with van der Waals surface area (Å²) in [5, 5.41) is 0. The Balaban J connectivity index is 1.98. The van der Waals surface area contributed by atoms with E-state index in [1.54, 1.807) is 6.92 Å². The second kappa shape index (κ2) is 5.88. The van der Waals surface area contributed by atoms with E-state index in [4.69, 9.17) is 4.74 Å². The van der Waals surface area contributed by atoms with Crippen molar-refractivity contribution in [3.63, 3.8) is 0 Å². The molecule has 2 aliphatic rings. The summed E-state index contributed by atoms with van der Waals surface area (Å²) in [6.45, 7) is 3.93. The molecule has 1 aromatic carbocycles. The Morgan fingerprint density at radius 3 is 2.86 bits per heavy atom. The highest BCUT2D eigenvalue weighted by Crippen LogP contribution is 2.29. The first-order valence-corrected chi connectivity index (χ1v) is 8.92. The standard InChI is InChI=1S/C15H21FN2O3S/c1-11-3-4-12(16)9-15(11)22(19,20)18-7-8-21-14-5-6-17(2)10-13(14)18/h3-4,9,13-14H,5-8,10H2,1-2H3/t13-,14+/m0/s1. The van der Waals surface area contributed by atoms with Gasteiger partial charge in [-0.05, 0) is 38.1 Å². The molecule has 2 aliphatic heterocycles. The third kappa shape index (κ3) is 2.78. The first-order chi connectivity index (χ1) is 10.4. The summed E-state index contributed by atoms with van der Waals surface area (Å²) >= 11 is 0. The molecule has 1 aromatic rings. The van der Waals surface area contributed by atoms with Crippen LogP contribution in [0.2, 0.25) is 0 Å². The number of rotatable bonds is 2. The van der Waals surface area contributed by atoms with Crippen molar-refractivity contribution in [2.45, 2.75) is 30.4 Å². The van der Waals surface area contributed by atoms with Gasteiger partial charge in [-0.2, -0.15) is 4.31 Å². The molecule has 0 bridgehead atoms. The van der Waals surface area contributed by atoms with E-state index in [0.717, 1.165) is 19.0 Å². The maximum absolute atomic E-state index is 13.5. The number of likely N-dealkylation sites (N-methyl/N-ethyl adjacent to an activating group) is 1. The van der Waals surface area contributed by atoms with Crippen LogP contribution in [0, 0.1) is 12.7 Å². The minimum absolute atomic E-state index is 0.0568. The molecule has 2 fully saturated rings. The topological polar surface area (TPSA) is 49.9 Å². The Hall–Kier alpha value is -1.02. The maximum Gasteiger partial charge on any atom is 0.243 e. The second-order valence-corrected chi connectivity index (χ2v) is 7.91. The number of ether oxygens (including phenoxy) is 1. The van der Waals surface area contributed by atoms with Gasteiger partial charge in [-0.15, -0.1) is 0 Å². The molecule has 22 heavy (non-hydrogen) atoms. The molecule has 0 aromatic heterocycles. The Morgan fingerprint density at radius 2 is 2.09 bits per heavy atom. The van der Waals surface area contributed by atoms with Crippen LogP contribution in [-0.2, 0) is 14.8 Å². The van der Waals surface area contributed by atoms with Crippen LogP contribution < -0.4 is 0 Å². The van der Waals surface area contributed by atoms with Crippen molar-refractivity contribution < 1.29 is 17.5 Å². The van der Waals surface area contributed by atoms with Crippen molar-refractivity contribution >= 4 is 10.0 Å². The van der Waals surface area contributed by atoms with E-state index in [1.807, 2.05) is 7.05 Å². The van der Waals surface area contributed by atoms with Crippen LogP contribution in [-0.4, -0.2) is 63.1 Å². The van der Waals surface area contributed by atoms with Gasteiger partial charge in [-0.25, -0.2) is 12.8 Å². The number of fused-ring (bicyclic) bond motifs is 1. The van der Waals surface area contributed by atoms with Crippen molar-refractivity contribution in [3.8, 4) is 0 Å². The summed E-state index contributed by atoms with van der Waals surface area (Å²) < 4.78 is 46.8. The molecule has 0 amide bonds. The van der Waals surface area contributed by atoms with E-state index in [9.17, 15) is 12.8 Å². The average molecular weight is 328 g/mol. The highest BCUT2D eigenvalue weighted by molar-refractivity contribution is 7.89. The largest absolute Gasteiger partial charge is 0.375 e. The van der Waals surface area contributed by atoms with Crippen molar-refractivity contribution in [3.05, 3.63) is 29.6 Å². The quantitative estimate of drug-likeness (QED) is 0.819.